The third kappa shape index (κ3) is 4.81. The monoisotopic (exact) mass is 308 g/mol. The summed E-state index contributed by atoms with van der Waals surface area (Å²) >= 11 is 7.36. The van der Waals surface area contributed by atoms with E-state index in [4.69, 9.17) is 21.4 Å². The fourth-order valence-electron chi connectivity index (χ4n) is 1.58. The topological polar surface area (TPSA) is 46.5 Å². The average Bonchev–Trinajstić information content (AvgIpc) is 2.87. The molecule has 1 aromatic carbocycles. The van der Waals surface area contributed by atoms with Gasteiger partial charge in [0.25, 0.3) is 0 Å². The first-order valence-corrected chi connectivity index (χ1v) is 7.20. The van der Waals surface area contributed by atoms with Gasteiger partial charge in [0.1, 0.15) is 0 Å². The van der Waals surface area contributed by atoms with Gasteiger partial charge in [0.2, 0.25) is 0 Å². The zero-order valence-corrected chi connectivity index (χ0v) is 12.2. The van der Waals surface area contributed by atoms with Gasteiger partial charge in [-0.3, -0.25) is 0 Å². The maximum absolute atomic E-state index is 10.4. The van der Waals surface area contributed by atoms with E-state index in [1.165, 1.54) is 0 Å². The smallest absolute Gasteiger partial charge is 0.328 e. The van der Waals surface area contributed by atoms with E-state index in [0.29, 0.717) is 18.2 Å². The molecule has 20 heavy (non-hydrogen) atoms. The second-order valence-electron chi connectivity index (χ2n) is 4.14. The van der Waals surface area contributed by atoms with Crippen molar-refractivity contribution >= 4 is 35.0 Å². The van der Waals surface area contributed by atoms with E-state index in [0.717, 1.165) is 22.1 Å². The zero-order valence-electron chi connectivity index (χ0n) is 10.6. The Hall–Kier alpha value is -1.62. The Morgan fingerprint density at radius 3 is 2.75 bits per heavy atom. The van der Waals surface area contributed by atoms with Gasteiger partial charge in [-0.1, -0.05) is 23.7 Å². The van der Waals surface area contributed by atoms with Crippen LogP contribution in [0.1, 0.15) is 16.0 Å². The molecule has 0 fully saturated rings. The van der Waals surface area contributed by atoms with Crippen molar-refractivity contribution in [2.24, 2.45) is 0 Å². The summed E-state index contributed by atoms with van der Waals surface area (Å²) in [5, 5.41) is 11.2. The van der Waals surface area contributed by atoms with Crippen LogP contribution in [0, 0.1) is 0 Å². The fraction of sp³-hybridized carbons (Fsp3) is 0.133. The van der Waals surface area contributed by atoms with Crippen molar-refractivity contribution in [1.29, 1.82) is 0 Å². The Bertz CT molecular complexity index is 602. The Morgan fingerprint density at radius 2 is 2.05 bits per heavy atom. The van der Waals surface area contributed by atoms with Gasteiger partial charge in [-0.2, -0.15) is 0 Å². The van der Waals surface area contributed by atoms with Crippen LogP contribution in [0.5, 0.6) is 0 Å². The molecular formula is C15H13ClO3S. The molecule has 1 N–H and O–H groups in total. The van der Waals surface area contributed by atoms with Crippen molar-refractivity contribution in [1.82, 2.24) is 0 Å². The molecule has 0 unspecified atom stereocenters. The quantitative estimate of drug-likeness (QED) is 0.813. The minimum absolute atomic E-state index is 0.508. The molecule has 104 valence electrons. The number of halogens is 1. The predicted octanol–water partition coefficient (Wildman–Crippen LogP) is 4.22. The lowest BCUT2D eigenvalue weighted by atomic mass is 10.2. The molecule has 0 aliphatic heterocycles. The number of benzene rings is 1. The molecule has 0 spiro atoms. The lowest BCUT2D eigenvalue weighted by Gasteiger charge is -2.02. The summed E-state index contributed by atoms with van der Waals surface area (Å²) in [6.07, 6.45) is 2.70. The van der Waals surface area contributed by atoms with Crippen molar-refractivity contribution in [3.8, 4) is 0 Å². The minimum atomic E-state index is -0.947. The van der Waals surface area contributed by atoms with E-state index in [-0.39, 0.29) is 0 Å². The summed E-state index contributed by atoms with van der Waals surface area (Å²) in [5.74, 6) is -0.947. The van der Waals surface area contributed by atoms with Crippen LogP contribution in [0.15, 0.2) is 41.8 Å². The van der Waals surface area contributed by atoms with Crippen molar-refractivity contribution < 1.29 is 14.6 Å². The first kappa shape index (κ1) is 14.8. The van der Waals surface area contributed by atoms with Crippen LogP contribution in [0.2, 0.25) is 5.02 Å². The Labute approximate surface area is 126 Å². The predicted molar refractivity (Wildman–Crippen MR) is 80.9 cm³/mol. The molecule has 2 rings (SSSR count). The fourth-order valence-corrected chi connectivity index (χ4v) is 2.49. The average molecular weight is 309 g/mol. The Morgan fingerprint density at radius 1 is 1.30 bits per heavy atom. The minimum Gasteiger partial charge on any atom is -0.478 e. The second-order valence-corrected chi connectivity index (χ2v) is 5.57. The largest absolute Gasteiger partial charge is 0.478 e. The molecule has 2 aromatic rings. The summed E-state index contributed by atoms with van der Waals surface area (Å²) < 4.78 is 5.61. The molecule has 0 saturated heterocycles. The number of hydrogen-bond acceptors (Lipinski definition) is 3. The van der Waals surface area contributed by atoms with Gasteiger partial charge in [0.15, 0.2) is 0 Å². The summed E-state index contributed by atoms with van der Waals surface area (Å²) in [7, 11) is 0. The molecule has 5 heteroatoms. The van der Waals surface area contributed by atoms with Crippen molar-refractivity contribution in [3.63, 3.8) is 0 Å². The Balaban J connectivity index is 1.82. The maximum Gasteiger partial charge on any atom is 0.328 e. The third-order valence-electron chi connectivity index (χ3n) is 2.52. The first-order valence-electron chi connectivity index (χ1n) is 5.94. The number of aliphatic carboxylic acids is 1. The van der Waals surface area contributed by atoms with Crippen LogP contribution < -0.4 is 0 Å². The third-order valence-corrected chi connectivity index (χ3v) is 3.70. The molecule has 0 saturated carbocycles. The molecule has 0 aliphatic rings. The first-order chi connectivity index (χ1) is 9.63. The number of hydrogen-bond donors (Lipinski definition) is 1. The van der Waals surface area contributed by atoms with Gasteiger partial charge >= 0.3 is 5.97 Å². The maximum atomic E-state index is 10.4. The molecule has 0 atom stereocenters. The molecule has 0 radical (unpaired) electrons. The number of carbonyl (C=O) groups is 1. The highest BCUT2D eigenvalue weighted by molar-refractivity contribution is 7.10. The lowest BCUT2D eigenvalue weighted by molar-refractivity contribution is -0.131. The van der Waals surface area contributed by atoms with E-state index >= 15 is 0 Å². The van der Waals surface area contributed by atoms with E-state index in [1.54, 1.807) is 17.4 Å². The summed E-state index contributed by atoms with van der Waals surface area (Å²) in [4.78, 5) is 11.5. The van der Waals surface area contributed by atoms with Crippen LogP contribution in [-0.2, 0) is 22.7 Å². The molecule has 1 heterocycles. The number of rotatable bonds is 6. The van der Waals surface area contributed by atoms with Crippen LogP contribution >= 0.6 is 22.9 Å². The van der Waals surface area contributed by atoms with Gasteiger partial charge in [0, 0.05) is 16.0 Å². The van der Waals surface area contributed by atoms with Gasteiger partial charge < -0.3 is 9.84 Å². The van der Waals surface area contributed by atoms with Crippen LogP contribution in [0.25, 0.3) is 6.08 Å². The number of ether oxygens (including phenoxy) is 1. The van der Waals surface area contributed by atoms with E-state index in [1.807, 2.05) is 35.7 Å². The second kappa shape index (κ2) is 7.24. The summed E-state index contributed by atoms with van der Waals surface area (Å²) in [6, 6.07) is 9.45. The van der Waals surface area contributed by atoms with Gasteiger partial charge in [-0.05, 0) is 40.8 Å². The van der Waals surface area contributed by atoms with Crippen LogP contribution in [0.4, 0.5) is 0 Å². The normalized spacial score (nSPS) is 11.1. The molecule has 1 aromatic heterocycles. The number of carboxylic acids is 1. The van der Waals surface area contributed by atoms with Crippen LogP contribution in [0.3, 0.4) is 0 Å². The molecular weight excluding hydrogens is 296 g/mol. The summed E-state index contributed by atoms with van der Waals surface area (Å²) in [6.45, 7) is 1.03. The SMILES string of the molecule is O=C(O)C=Cc1csc(COCc2ccc(Cl)cc2)c1. The highest BCUT2D eigenvalue weighted by Crippen LogP contribution is 2.18. The van der Waals surface area contributed by atoms with Crippen LogP contribution in [-0.4, -0.2) is 11.1 Å². The standard InChI is InChI=1S/C15H13ClO3S/c16-13-4-1-11(2-5-13)8-19-9-14-7-12(10-20-14)3-6-15(17)18/h1-7,10H,8-9H2,(H,17,18). The van der Waals surface area contributed by atoms with E-state index in [9.17, 15) is 4.79 Å². The van der Waals surface area contributed by atoms with Crippen molar-refractivity contribution in [3.05, 3.63) is 62.8 Å². The molecule has 0 amide bonds. The zero-order chi connectivity index (χ0) is 14.4. The lowest BCUT2D eigenvalue weighted by Crippen LogP contribution is -1.92. The van der Waals surface area contributed by atoms with E-state index in [2.05, 4.69) is 0 Å². The van der Waals surface area contributed by atoms with Crippen molar-refractivity contribution in [2.75, 3.05) is 0 Å². The molecule has 0 bridgehead atoms. The highest BCUT2D eigenvalue weighted by Gasteiger charge is 2.00. The number of carboxylic acid groups (broad SMARTS) is 1. The number of thiophene rings is 1. The Kier molecular flexibility index (Phi) is 5.35. The van der Waals surface area contributed by atoms with E-state index < -0.39 is 5.97 Å². The summed E-state index contributed by atoms with van der Waals surface area (Å²) in [5.41, 5.74) is 1.94. The highest BCUT2D eigenvalue weighted by atomic mass is 35.5. The molecule has 3 nitrogen and oxygen atoms in total. The molecule has 0 aliphatic carbocycles. The van der Waals surface area contributed by atoms with Gasteiger partial charge in [-0.25, -0.2) is 4.79 Å². The van der Waals surface area contributed by atoms with Gasteiger partial charge in [-0.15, -0.1) is 11.3 Å². The van der Waals surface area contributed by atoms with Gasteiger partial charge in [0.05, 0.1) is 13.2 Å². The van der Waals surface area contributed by atoms with Crippen molar-refractivity contribution in [2.45, 2.75) is 13.2 Å².